The molecule has 0 amide bonds. The lowest BCUT2D eigenvalue weighted by atomic mass is 10.1. The van der Waals surface area contributed by atoms with E-state index in [-0.39, 0.29) is 50.4 Å². The highest BCUT2D eigenvalue weighted by atomic mass is 16.6. The molecular weight excluding hydrogens is 841 g/mol. The molecule has 0 bridgehead atoms. The van der Waals surface area contributed by atoms with Crippen molar-refractivity contribution >= 4 is 17.9 Å². The van der Waals surface area contributed by atoms with Crippen LogP contribution in [-0.4, -0.2) is 37.2 Å². The minimum absolute atomic E-state index is 0.138. The lowest BCUT2D eigenvalue weighted by molar-refractivity contribution is -0.166. The van der Waals surface area contributed by atoms with Gasteiger partial charge in [0.25, 0.3) is 0 Å². The van der Waals surface area contributed by atoms with Gasteiger partial charge in [-0.2, -0.15) is 0 Å². The Hall–Kier alpha value is -4.97. The van der Waals surface area contributed by atoms with Crippen LogP contribution in [0.4, 0.5) is 0 Å². The molecule has 0 saturated heterocycles. The Bertz CT molecular complexity index is 1590. The molecule has 0 fully saturated rings. The molecule has 0 aliphatic rings. The van der Waals surface area contributed by atoms with Gasteiger partial charge in [0, 0.05) is 19.3 Å². The van der Waals surface area contributed by atoms with Crippen LogP contribution >= 0.6 is 0 Å². The number of hydrogen-bond donors (Lipinski definition) is 0. The van der Waals surface area contributed by atoms with Gasteiger partial charge in [0.1, 0.15) is 13.2 Å². The molecule has 0 radical (unpaired) electrons. The topological polar surface area (TPSA) is 78.9 Å². The fourth-order valence-electron chi connectivity index (χ4n) is 6.48. The maximum absolute atomic E-state index is 12.8. The van der Waals surface area contributed by atoms with Gasteiger partial charge in [-0.05, 0) is 103 Å². The van der Waals surface area contributed by atoms with Gasteiger partial charge in [-0.15, -0.1) is 0 Å². The summed E-state index contributed by atoms with van der Waals surface area (Å²) in [6.45, 7) is 6.22. The molecule has 378 valence electrons. The van der Waals surface area contributed by atoms with Gasteiger partial charge >= 0.3 is 17.9 Å². The van der Waals surface area contributed by atoms with Gasteiger partial charge in [0.05, 0.1) is 0 Å². The smallest absolute Gasteiger partial charge is 0.306 e. The van der Waals surface area contributed by atoms with Crippen molar-refractivity contribution in [3.05, 3.63) is 158 Å². The molecule has 0 aliphatic carbocycles. The van der Waals surface area contributed by atoms with Gasteiger partial charge in [-0.3, -0.25) is 14.4 Å². The van der Waals surface area contributed by atoms with E-state index in [1.54, 1.807) is 0 Å². The summed E-state index contributed by atoms with van der Waals surface area (Å²) in [7, 11) is 0. The fraction of sp³-hybridized carbons (Fsp3) is 0.532. The third-order valence-electron chi connectivity index (χ3n) is 10.4. The molecule has 0 aromatic rings. The van der Waals surface area contributed by atoms with Crippen molar-refractivity contribution in [1.29, 1.82) is 0 Å². The van der Waals surface area contributed by atoms with Gasteiger partial charge in [0.2, 0.25) is 0 Å². The third-order valence-corrected chi connectivity index (χ3v) is 10.4. The molecule has 0 aliphatic heterocycles. The number of hydrogen-bond acceptors (Lipinski definition) is 6. The van der Waals surface area contributed by atoms with Crippen molar-refractivity contribution in [3.63, 3.8) is 0 Å². The lowest BCUT2D eigenvalue weighted by Crippen LogP contribution is -2.30. The number of unbranched alkanes of at least 4 members (excludes halogenated alkanes) is 13. The molecule has 0 spiro atoms. The Balaban J connectivity index is 4.63. The Labute approximate surface area is 416 Å². The van der Waals surface area contributed by atoms with E-state index >= 15 is 0 Å². The van der Waals surface area contributed by atoms with Crippen LogP contribution in [0.25, 0.3) is 0 Å². The summed E-state index contributed by atoms with van der Waals surface area (Å²) >= 11 is 0. The molecule has 0 rings (SSSR count). The second-order valence-electron chi connectivity index (χ2n) is 16.8. The first-order valence-corrected chi connectivity index (χ1v) is 26.6. The lowest BCUT2D eigenvalue weighted by Gasteiger charge is -2.18. The molecule has 68 heavy (non-hydrogen) atoms. The Kier molecular flexibility index (Phi) is 50.6. The predicted molar refractivity (Wildman–Crippen MR) is 292 cm³/mol. The summed E-state index contributed by atoms with van der Waals surface area (Å²) in [6.07, 6.45) is 79.5. The van der Waals surface area contributed by atoms with Crippen molar-refractivity contribution in [1.82, 2.24) is 0 Å². The summed E-state index contributed by atoms with van der Waals surface area (Å²) < 4.78 is 16.7. The normalized spacial score (nSPS) is 13.4. The zero-order chi connectivity index (χ0) is 49.3. The van der Waals surface area contributed by atoms with Gasteiger partial charge in [0.15, 0.2) is 6.10 Å². The van der Waals surface area contributed by atoms with Crippen molar-refractivity contribution in [2.75, 3.05) is 13.2 Å². The number of carbonyl (C=O) groups is 3. The van der Waals surface area contributed by atoms with E-state index in [1.165, 1.54) is 32.1 Å². The summed E-state index contributed by atoms with van der Waals surface area (Å²) in [5, 5.41) is 0. The molecule has 6 nitrogen and oxygen atoms in total. The number of esters is 3. The molecule has 0 saturated carbocycles. The van der Waals surface area contributed by atoms with Crippen LogP contribution in [0.3, 0.4) is 0 Å². The van der Waals surface area contributed by atoms with Crippen LogP contribution in [-0.2, 0) is 28.6 Å². The zero-order valence-electron chi connectivity index (χ0n) is 43.0. The van der Waals surface area contributed by atoms with E-state index in [1.807, 2.05) is 48.6 Å². The first kappa shape index (κ1) is 63.0. The van der Waals surface area contributed by atoms with Crippen LogP contribution in [0.5, 0.6) is 0 Å². The number of rotatable bonds is 45. The molecule has 0 aromatic carbocycles. The monoisotopic (exact) mass is 935 g/mol. The fourth-order valence-corrected chi connectivity index (χ4v) is 6.48. The first-order chi connectivity index (χ1) is 33.5. The van der Waals surface area contributed by atoms with Crippen molar-refractivity contribution in [2.24, 2.45) is 0 Å². The highest BCUT2D eigenvalue weighted by molar-refractivity contribution is 5.71. The average molecular weight is 935 g/mol. The van der Waals surface area contributed by atoms with E-state index < -0.39 is 6.10 Å². The van der Waals surface area contributed by atoms with Crippen LogP contribution in [0, 0.1) is 0 Å². The Morgan fingerprint density at radius 3 is 1.15 bits per heavy atom. The summed E-state index contributed by atoms with van der Waals surface area (Å²) in [4.78, 5) is 38.0. The molecule has 0 aromatic heterocycles. The summed E-state index contributed by atoms with van der Waals surface area (Å²) in [6, 6.07) is 0. The van der Waals surface area contributed by atoms with Crippen LogP contribution in [0.2, 0.25) is 0 Å². The largest absolute Gasteiger partial charge is 0.462 e. The maximum Gasteiger partial charge on any atom is 0.306 e. The molecule has 0 N–H and O–H groups in total. The maximum atomic E-state index is 12.8. The SMILES string of the molecule is CC/C=C/C=C/C=C/C=C/CCCCCC(=O)OCC(COC(=O)CC/C=C/C/C=C/C/C=C/C/C=C/C/C=C/C/C=C/CC)OC(=O)CCCCCCC/C=C/C=C/C=C/CCCCCCC. The molecule has 0 heterocycles. The molecular formula is C62H94O6. The second-order valence-corrected chi connectivity index (χ2v) is 16.8. The molecule has 6 heteroatoms. The first-order valence-electron chi connectivity index (χ1n) is 26.6. The minimum Gasteiger partial charge on any atom is -0.462 e. The minimum atomic E-state index is -0.844. The van der Waals surface area contributed by atoms with Crippen LogP contribution in [0.1, 0.15) is 194 Å². The number of allylic oxidation sites excluding steroid dienone is 26. The molecule has 1 atom stereocenters. The van der Waals surface area contributed by atoms with E-state index in [4.69, 9.17) is 14.2 Å². The van der Waals surface area contributed by atoms with Crippen LogP contribution in [0.15, 0.2) is 158 Å². The van der Waals surface area contributed by atoms with Crippen molar-refractivity contribution in [2.45, 2.75) is 200 Å². The van der Waals surface area contributed by atoms with Crippen molar-refractivity contribution < 1.29 is 28.6 Å². The van der Waals surface area contributed by atoms with Gasteiger partial charge in [-0.25, -0.2) is 0 Å². The highest BCUT2D eigenvalue weighted by Crippen LogP contribution is 2.11. The van der Waals surface area contributed by atoms with Crippen molar-refractivity contribution in [3.8, 4) is 0 Å². The van der Waals surface area contributed by atoms with E-state index in [0.717, 1.165) is 109 Å². The Morgan fingerprint density at radius 2 is 0.676 bits per heavy atom. The second kappa shape index (κ2) is 54.6. The van der Waals surface area contributed by atoms with E-state index in [2.05, 4.69) is 130 Å². The number of ether oxygens (including phenoxy) is 3. The number of carbonyl (C=O) groups excluding carboxylic acids is 3. The predicted octanol–water partition coefficient (Wildman–Crippen LogP) is 17.8. The highest BCUT2D eigenvalue weighted by Gasteiger charge is 2.19. The average Bonchev–Trinajstić information content (AvgIpc) is 3.34. The van der Waals surface area contributed by atoms with Gasteiger partial charge in [-0.1, -0.05) is 230 Å². The zero-order valence-corrected chi connectivity index (χ0v) is 43.0. The van der Waals surface area contributed by atoms with E-state index in [9.17, 15) is 14.4 Å². The standard InChI is InChI=1S/C62H94O6/c1-4-7-10-13-16-19-22-25-27-29-31-33-34-37-40-43-46-49-52-55-61(64)67-58-59(57-66-60(63)54-51-48-45-42-39-36-24-21-18-15-12-9-6-3)68-62(65)56-53-50-47-44-41-38-35-32-30-28-26-23-20-17-14-11-8-5-2/h7,9-10,12,15-16,18-19,21,23-28,30-33,35-37,39-40,46,49,59H,4-6,8,11,13-14,17,20,22,29,34,38,41-45,47-48,50-58H2,1-3H3/b10-7+,12-9+,18-15+,19-16+,24-21+,26-23+,27-25+,30-28+,33-31+,35-32+,39-36+,40-37+,49-46+. The Morgan fingerprint density at radius 1 is 0.324 bits per heavy atom. The quantitative estimate of drug-likeness (QED) is 0.0199. The summed E-state index contributed by atoms with van der Waals surface area (Å²) in [5.74, 6) is -1.09. The molecule has 1 unspecified atom stereocenters. The van der Waals surface area contributed by atoms with Gasteiger partial charge < -0.3 is 14.2 Å². The van der Waals surface area contributed by atoms with E-state index in [0.29, 0.717) is 12.8 Å². The van der Waals surface area contributed by atoms with Crippen LogP contribution < -0.4 is 0 Å². The third kappa shape index (κ3) is 52.0. The summed E-state index contributed by atoms with van der Waals surface area (Å²) in [5.41, 5.74) is 0.